The van der Waals surface area contributed by atoms with Gasteiger partial charge in [-0.3, -0.25) is 18.7 Å². The van der Waals surface area contributed by atoms with Crippen molar-refractivity contribution in [3.05, 3.63) is 59.5 Å². The number of carbonyl (C=O) groups is 1. The smallest absolute Gasteiger partial charge is 0.267 e. The van der Waals surface area contributed by atoms with Crippen LogP contribution in [0.25, 0.3) is 33.9 Å². The van der Waals surface area contributed by atoms with E-state index in [1.807, 2.05) is 53.4 Å². The van der Waals surface area contributed by atoms with Crippen LogP contribution in [0.15, 0.2) is 42.6 Å². The zero-order valence-electron chi connectivity index (χ0n) is 19.9. The van der Waals surface area contributed by atoms with Gasteiger partial charge in [0.15, 0.2) is 11.6 Å². The molecule has 0 bridgehead atoms. The van der Waals surface area contributed by atoms with Crippen molar-refractivity contribution in [2.45, 2.75) is 26.9 Å². The van der Waals surface area contributed by atoms with Crippen LogP contribution in [-0.4, -0.2) is 52.3 Å². The van der Waals surface area contributed by atoms with Crippen molar-refractivity contribution < 1.29 is 9.53 Å². The van der Waals surface area contributed by atoms with Crippen molar-refractivity contribution in [1.82, 2.24) is 39.3 Å². The maximum Gasteiger partial charge on any atom is 0.267 e. The quantitative estimate of drug-likeness (QED) is 0.386. The van der Waals surface area contributed by atoms with E-state index in [1.165, 1.54) is 0 Å². The highest BCUT2D eigenvalue weighted by Gasteiger charge is 2.24. The van der Waals surface area contributed by atoms with Crippen LogP contribution in [0.1, 0.15) is 28.7 Å². The Kier molecular flexibility index (Phi) is 5.51. The number of aromatic nitrogens is 8. The van der Waals surface area contributed by atoms with Gasteiger partial charge < -0.3 is 10.5 Å². The predicted octanol–water partition coefficient (Wildman–Crippen LogP) is 2.57. The molecule has 11 nitrogen and oxygen atoms in total. The molecule has 11 heteroatoms. The van der Waals surface area contributed by atoms with Gasteiger partial charge in [0.25, 0.3) is 5.91 Å². The molecule has 0 saturated heterocycles. The van der Waals surface area contributed by atoms with Crippen molar-refractivity contribution in [3.63, 3.8) is 0 Å². The Balaban J connectivity index is 1.75. The largest absolute Gasteiger partial charge is 0.497 e. The van der Waals surface area contributed by atoms with E-state index in [0.29, 0.717) is 30.4 Å². The van der Waals surface area contributed by atoms with Crippen molar-refractivity contribution >= 4 is 16.8 Å². The minimum atomic E-state index is -0.629. The summed E-state index contributed by atoms with van der Waals surface area (Å²) in [7, 11) is 3.43. The van der Waals surface area contributed by atoms with Crippen LogP contribution in [0.3, 0.4) is 0 Å². The number of nitrogens with zero attached hydrogens (tertiary/aromatic N) is 8. The fourth-order valence-corrected chi connectivity index (χ4v) is 4.14. The molecule has 5 rings (SSSR count). The minimum Gasteiger partial charge on any atom is -0.497 e. The number of ether oxygens (including phenoxy) is 1. The lowest BCUT2D eigenvalue weighted by molar-refractivity contribution is 0.0996. The molecule has 0 spiro atoms. The number of hydrogen-bond donors (Lipinski definition) is 1. The molecule has 4 aromatic heterocycles. The van der Waals surface area contributed by atoms with E-state index in [9.17, 15) is 4.79 Å². The first-order chi connectivity index (χ1) is 16.9. The van der Waals surface area contributed by atoms with Crippen LogP contribution in [0.5, 0.6) is 5.75 Å². The molecule has 0 aliphatic rings. The van der Waals surface area contributed by atoms with Gasteiger partial charge in [-0.2, -0.15) is 10.2 Å². The third kappa shape index (κ3) is 3.90. The first kappa shape index (κ1) is 22.3. The second kappa shape index (κ2) is 8.67. The molecule has 0 aliphatic heterocycles. The maximum atomic E-state index is 12.1. The second-order valence-electron chi connectivity index (χ2n) is 8.19. The molecular weight excluding hydrogens is 446 g/mol. The molecule has 35 heavy (non-hydrogen) atoms. The standard InChI is InChI=1S/C24H25N9O2/c1-5-33-20(10-14(2)30-33)23-28-29-24(32(23)13-15-6-8-16(35-4)9-7-15)21-17-12-26-31(3)19(17)11-18(27-21)22(25)34/h6-12H,5,13H2,1-4H3,(H2,25,34). The normalized spacial score (nSPS) is 11.3. The minimum absolute atomic E-state index is 0.131. The van der Waals surface area contributed by atoms with Gasteiger partial charge in [-0.05, 0) is 43.7 Å². The van der Waals surface area contributed by atoms with Crippen LogP contribution in [0.2, 0.25) is 0 Å². The molecule has 1 aromatic carbocycles. The van der Waals surface area contributed by atoms with E-state index >= 15 is 0 Å². The fourth-order valence-electron chi connectivity index (χ4n) is 4.14. The Morgan fingerprint density at radius 3 is 2.54 bits per heavy atom. The lowest BCUT2D eigenvalue weighted by Crippen LogP contribution is -2.14. The summed E-state index contributed by atoms with van der Waals surface area (Å²) in [5.74, 6) is 1.28. The van der Waals surface area contributed by atoms with Crippen LogP contribution in [0, 0.1) is 6.92 Å². The summed E-state index contributed by atoms with van der Waals surface area (Å²) in [4.78, 5) is 16.6. The van der Waals surface area contributed by atoms with E-state index in [0.717, 1.165) is 33.6 Å². The number of primary amides is 1. The molecule has 0 saturated carbocycles. The molecule has 0 atom stereocenters. The van der Waals surface area contributed by atoms with Gasteiger partial charge in [-0.25, -0.2) is 4.98 Å². The fraction of sp³-hybridized carbons (Fsp3) is 0.250. The SMILES string of the molecule is CCn1nc(C)cc1-c1nnc(-c2nc(C(N)=O)cc3c2cnn3C)n1Cc1ccc(OC)cc1. The summed E-state index contributed by atoms with van der Waals surface area (Å²) >= 11 is 0. The number of rotatable bonds is 7. The Morgan fingerprint density at radius 1 is 1.11 bits per heavy atom. The molecule has 0 unspecified atom stereocenters. The van der Waals surface area contributed by atoms with Gasteiger partial charge in [0.2, 0.25) is 0 Å². The topological polar surface area (TPSA) is 132 Å². The molecular formula is C24H25N9O2. The molecule has 4 heterocycles. The van der Waals surface area contributed by atoms with Gasteiger partial charge in [0.05, 0.1) is 31.1 Å². The van der Waals surface area contributed by atoms with Crippen molar-refractivity contribution in [2.24, 2.45) is 12.8 Å². The van der Waals surface area contributed by atoms with E-state index in [2.05, 4.69) is 25.4 Å². The molecule has 2 N–H and O–H groups in total. The Labute approximate surface area is 201 Å². The highest BCUT2D eigenvalue weighted by atomic mass is 16.5. The summed E-state index contributed by atoms with van der Waals surface area (Å²) < 4.78 is 10.8. The van der Waals surface area contributed by atoms with Crippen LogP contribution < -0.4 is 10.5 Å². The maximum absolute atomic E-state index is 12.1. The third-order valence-corrected chi connectivity index (χ3v) is 5.89. The Hall–Kier alpha value is -4.54. The number of benzene rings is 1. The summed E-state index contributed by atoms with van der Waals surface area (Å²) in [6.07, 6.45) is 1.70. The Bertz CT molecular complexity index is 1540. The second-order valence-corrected chi connectivity index (χ2v) is 8.19. The van der Waals surface area contributed by atoms with Gasteiger partial charge in [0, 0.05) is 19.0 Å². The molecule has 0 radical (unpaired) electrons. The summed E-state index contributed by atoms with van der Waals surface area (Å²) in [6, 6.07) is 11.4. The number of amides is 1. The first-order valence-corrected chi connectivity index (χ1v) is 11.1. The summed E-state index contributed by atoms with van der Waals surface area (Å²) in [5, 5.41) is 18.8. The van der Waals surface area contributed by atoms with Crippen molar-refractivity contribution in [2.75, 3.05) is 7.11 Å². The number of aryl methyl sites for hydroxylation is 3. The van der Waals surface area contributed by atoms with Gasteiger partial charge >= 0.3 is 0 Å². The van der Waals surface area contributed by atoms with Crippen LogP contribution >= 0.6 is 0 Å². The molecule has 1 amide bonds. The highest BCUT2D eigenvalue weighted by molar-refractivity contribution is 5.99. The molecule has 5 aromatic rings. The lowest BCUT2D eigenvalue weighted by Gasteiger charge is -2.13. The average molecular weight is 472 g/mol. The van der Waals surface area contributed by atoms with Crippen LogP contribution in [-0.2, 0) is 20.1 Å². The summed E-state index contributed by atoms with van der Waals surface area (Å²) in [6.45, 7) is 5.10. The zero-order chi connectivity index (χ0) is 24.7. The molecule has 0 fully saturated rings. The number of nitrogens with two attached hydrogens (primary N) is 1. The van der Waals surface area contributed by atoms with Gasteiger partial charge in [-0.1, -0.05) is 12.1 Å². The van der Waals surface area contributed by atoms with Gasteiger partial charge in [-0.15, -0.1) is 10.2 Å². The van der Waals surface area contributed by atoms with E-state index in [-0.39, 0.29) is 5.69 Å². The van der Waals surface area contributed by atoms with E-state index < -0.39 is 5.91 Å². The third-order valence-electron chi connectivity index (χ3n) is 5.89. The molecule has 178 valence electrons. The number of carbonyl (C=O) groups excluding carboxylic acids is 1. The monoisotopic (exact) mass is 471 g/mol. The lowest BCUT2D eigenvalue weighted by atomic mass is 10.1. The number of methoxy groups -OCH3 is 1. The van der Waals surface area contributed by atoms with E-state index in [1.54, 1.807) is 31.1 Å². The zero-order valence-corrected chi connectivity index (χ0v) is 19.9. The average Bonchev–Trinajstić information content (AvgIpc) is 3.55. The van der Waals surface area contributed by atoms with Crippen molar-refractivity contribution in [3.8, 4) is 28.8 Å². The van der Waals surface area contributed by atoms with Gasteiger partial charge in [0.1, 0.15) is 22.8 Å². The number of pyridine rings is 1. The summed E-state index contributed by atoms with van der Waals surface area (Å²) in [5.41, 5.74) is 9.67. The first-order valence-electron chi connectivity index (χ1n) is 11.1. The van der Waals surface area contributed by atoms with E-state index in [4.69, 9.17) is 10.5 Å². The Morgan fingerprint density at radius 2 is 1.86 bits per heavy atom. The molecule has 0 aliphatic carbocycles. The number of hydrogen-bond acceptors (Lipinski definition) is 7. The van der Waals surface area contributed by atoms with Crippen molar-refractivity contribution in [1.29, 1.82) is 0 Å². The predicted molar refractivity (Wildman–Crippen MR) is 130 cm³/mol. The van der Waals surface area contributed by atoms with Crippen LogP contribution in [0.4, 0.5) is 0 Å². The number of fused-ring (bicyclic) bond motifs is 1. The highest BCUT2D eigenvalue weighted by Crippen LogP contribution is 2.30.